The van der Waals surface area contributed by atoms with Crippen molar-refractivity contribution in [3.8, 4) is 23.8 Å². The number of halogens is 1. The van der Waals surface area contributed by atoms with E-state index in [1.54, 1.807) is 7.11 Å². The zero-order chi connectivity index (χ0) is 15.5. The third kappa shape index (κ3) is 6.89. The third-order valence-electron chi connectivity index (χ3n) is 2.65. The molecule has 22 heavy (non-hydrogen) atoms. The molecule has 0 spiro atoms. The van der Waals surface area contributed by atoms with Gasteiger partial charge in [0.2, 0.25) is 0 Å². The van der Waals surface area contributed by atoms with Gasteiger partial charge in [0.05, 0.1) is 26.8 Å². The quantitative estimate of drug-likeness (QED) is 0.310. The molecule has 5 nitrogen and oxygen atoms in total. The zero-order valence-electron chi connectivity index (χ0n) is 13.3. The molecule has 0 aliphatic carbocycles. The number of nitrogens with zero attached hydrogens (tertiary/aromatic N) is 1. The smallest absolute Gasteiger partial charge is 0.192 e. The van der Waals surface area contributed by atoms with E-state index in [2.05, 4.69) is 21.5 Å². The van der Waals surface area contributed by atoms with Crippen LogP contribution in [0.5, 0.6) is 11.5 Å². The second kappa shape index (κ2) is 12.0. The van der Waals surface area contributed by atoms with Gasteiger partial charge in [-0.25, -0.2) is 4.99 Å². The molecule has 122 valence electrons. The van der Waals surface area contributed by atoms with Gasteiger partial charge in [0, 0.05) is 6.54 Å². The van der Waals surface area contributed by atoms with Crippen molar-refractivity contribution < 1.29 is 9.47 Å². The van der Waals surface area contributed by atoms with E-state index < -0.39 is 0 Å². The summed E-state index contributed by atoms with van der Waals surface area (Å²) < 4.78 is 10.8. The Morgan fingerprint density at radius 1 is 1.27 bits per heavy atom. The van der Waals surface area contributed by atoms with Crippen LogP contribution in [0.15, 0.2) is 23.2 Å². The fourth-order valence-electron chi connectivity index (χ4n) is 1.73. The summed E-state index contributed by atoms with van der Waals surface area (Å²) in [6.45, 7) is 6.31. The Kier molecular flexibility index (Phi) is 11.1. The van der Waals surface area contributed by atoms with E-state index in [1.165, 1.54) is 0 Å². The summed E-state index contributed by atoms with van der Waals surface area (Å²) in [6.07, 6.45) is 5.24. The Morgan fingerprint density at radius 3 is 2.64 bits per heavy atom. The maximum atomic E-state index is 5.49. The predicted molar refractivity (Wildman–Crippen MR) is 101 cm³/mol. The average molecular weight is 417 g/mol. The first kappa shape index (κ1) is 20.4. The minimum Gasteiger partial charge on any atom is -0.493 e. The molecule has 1 aromatic rings. The molecular weight excluding hydrogens is 393 g/mol. The van der Waals surface area contributed by atoms with Gasteiger partial charge < -0.3 is 20.1 Å². The van der Waals surface area contributed by atoms with E-state index in [0.29, 0.717) is 31.4 Å². The summed E-state index contributed by atoms with van der Waals surface area (Å²) >= 11 is 0. The Hall–Kier alpha value is -1.62. The summed E-state index contributed by atoms with van der Waals surface area (Å²) in [5, 5.41) is 6.18. The summed E-state index contributed by atoms with van der Waals surface area (Å²) in [5.74, 6) is 4.68. The Balaban J connectivity index is 0.00000441. The topological polar surface area (TPSA) is 54.9 Å². The highest BCUT2D eigenvalue weighted by atomic mass is 127. The molecule has 0 bridgehead atoms. The van der Waals surface area contributed by atoms with Gasteiger partial charge in [0.25, 0.3) is 0 Å². The van der Waals surface area contributed by atoms with Crippen molar-refractivity contribution in [3.05, 3.63) is 23.8 Å². The third-order valence-corrected chi connectivity index (χ3v) is 2.65. The van der Waals surface area contributed by atoms with Gasteiger partial charge in [-0.2, -0.15) is 0 Å². The van der Waals surface area contributed by atoms with Gasteiger partial charge in [-0.15, -0.1) is 30.4 Å². The van der Waals surface area contributed by atoms with Crippen molar-refractivity contribution in [2.45, 2.75) is 20.4 Å². The van der Waals surface area contributed by atoms with Gasteiger partial charge in [0.15, 0.2) is 17.5 Å². The Bertz CT molecular complexity index is 513. The fraction of sp³-hybridized carbons (Fsp3) is 0.438. The minimum absolute atomic E-state index is 0. The van der Waals surface area contributed by atoms with Crippen LogP contribution in [0.3, 0.4) is 0 Å². The van der Waals surface area contributed by atoms with Crippen LogP contribution in [0.2, 0.25) is 0 Å². The number of aliphatic imine (C=N–C) groups is 1. The van der Waals surface area contributed by atoms with Crippen molar-refractivity contribution in [1.29, 1.82) is 0 Å². The van der Waals surface area contributed by atoms with Crippen LogP contribution in [0, 0.1) is 12.3 Å². The Labute approximate surface area is 149 Å². The molecular formula is C16H24IN3O2. The summed E-state index contributed by atoms with van der Waals surface area (Å²) in [5.41, 5.74) is 1.04. The molecule has 0 heterocycles. The molecule has 0 aliphatic rings. The van der Waals surface area contributed by atoms with Gasteiger partial charge in [-0.3, -0.25) is 0 Å². The summed E-state index contributed by atoms with van der Waals surface area (Å²) in [4.78, 5) is 4.47. The second-order valence-electron chi connectivity index (χ2n) is 4.17. The first-order chi connectivity index (χ1) is 10.2. The van der Waals surface area contributed by atoms with E-state index in [0.717, 1.165) is 17.9 Å². The van der Waals surface area contributed by atoms with Crippen molar-refractivity contribution in [1.82, 2.24) is 10.6 Å². The van der Waals surface area contributed by atoms with Crippen LogP contribution in [0.25, 0.3) is 0 Å². The van der Waals surface area contributed by atoms with Crippen molar-refractivity contribution in [3.63, 3.8) is 0 Å². The molecule has 0 amide bonds. The lowest BCUT2D eigenvalue weighted by Gasteiger charge is -2.11. The van der Waals surface area contributed by atoms with E-state index >= 15 is 0 Å². The van der Waals surface area contributed by atoms with E-state index in [4.69, 9.17) is 15.9 Å². The number of ether oxygens (including phenoxy) is 2. The molecule has 1 rings (SSSR count). The van der Waals surface area contributed by atoms with Crippen LogP contribution in [-0.2, 0) is 6.54 Å². The van der Waals surface area contributed by atoms with Crippen LogP contribution in [0.4, 0.5) is 0 Å². The highest BCUT2D eigenvalue weighted by Gasteiger charge is 2.05. The number of benzene rings is 1. The van der Waals surface area contributed by atoms with Crippen LogP contribution in [0.1, 0.15) is 19.4 Å². The highest BCUT2D eigenvalue weighted by Crippen LogP contribution is 2.28. The molecule has 0 radical (unpaired) electrons. The maximum absolute atomic E-state index is 5.49. The van der Waals surface area contributed by atoms with Crippen LogP contribution >= 0.6 is 24.0 Å². The van der Waals surface area contributed by atoms with Gasteiger partial charge >= 0.3 is 0 Å². The molecule has 0 aliphatic heterocycles. The average Bonchev–Trinajstić information content (AvgIpc) is 2.51. The number of hydrogen-bond acceptors (Lipinski definition) is 3. The number of guanidine groups is 1. The molecule has 2 N–H and O–H groups in total. The van der Waals surface area contributed by atoms with Gasteiger partial charge in [0.1, 0.15) is 0 Å². The lowest BCUT2D eigenvalue weighted by Crippen LogP contribution is -2.37. The predicted octanol–water partition coefficient (Wildman–Crippen LogP) is 2.40. The SMILES string of the molecule is C#CCNC(=NCc1ccc(OCC)c(OC)c1)NCC.I. The lowest BCUT2D eigenvalue weighted by molar-refractivity contribution is 0.310. The number of rotatable bonds is 7. The molecule has 0 fully saturated rings. The van der Waals surface area contributed by atoms with Crippen LogP contribution < -0.4 is 20.1 Å². The molecule has 0 saturated carbocycles. The number of nitrogens with one attached hydrogen (secondary N) is 2. The molecule has 0 atom stereocenters. The molecule has 1 aromatic carbocycles. The first-order valence-electron chi connectivity index (χ1n) is 7.00. The van der Waals surface area contributed by atoms with Crippen molar-refractivity contribution >= 4 is 29.9 Å². The second-order valence-corrected chi connectivity index (χ2v) is 4.17. The molecule has 6 heteroatoms. The molecule has 0 unspecified atom stereocenters. The van der Waals surface area contributed by atoms with Gasteiger partial charge in [-0.1, -0.05) is 12.0 Å². The standard InChI is InChI=1S/C16H23N3O2.HI/c1-5-10-18-16(17-6-2)19-12-13-8-9-14(21-7-3)15(11-13)20-4;/h1,8-9,11H,6-7,10,12H2,2-4H3,(H2,17,18,19);1H. The number of methoxy groups -OCH3 is 1. The highest BCUT2D eigenvalue weighted by molar-refractivity contribution is 14.0. The van der Waals surface area contributed by atoms with Crippen molar-refractivity contribution in [2.24, 2.45) is 4.99 Å². The fourth-order valence-corrected chi connectivity index (χ4v) is 1.73. The van der Waals surface area contributed by atoms with Crippen LogP contribution in [-0.4, -0.2) is 32.8 Å². The van der Waals surface area contributed by atoms with E-state index in [9.17, 15) is 0 Å². The van der Waals surface area contributed by atoms with E-state index in [-0.39, 0.29) is 24.0 Å². The zero-order valence-corrected chi connectivity index (χ0v) is 15.6. The van der Waals surface area contributed by atoms with E-state index in [1.807, 2.05) is 32.0 Å². The first-order valence-corrected chi connectivity index (χ1v) is 7.00. The monoisotopic (exact) mass is 417 g/mol. The summed E-state index contributed by atoms with van der Waals surface area (Å²) in [7, 11) is 1.63. The van der Waals surface area contributed by atoms with Crippen molar-refractivity contribution in [2.75, 3.05) is 26.8 Å². The summed E-state index contributed by atoms with van der Waals surface area (Å²) in [6, 6.07) is 5.80. The normalized spacial score (nSPS) is 10.2. The lowest BCUT2D eigenvalue weighted by atomic mass is 10.2. The minimum atomic E-state index is 0. The molecule has 0 saturated heterocycles. The molecule has 0 aromatic heterocycles. The maximum Gasteiger partial charge on any atom is 0.192 e. The van der Waals surface area contributed by atoms with Gasteiger partial charge in [-0.05, 0) is 31.5 Å². The Morgan fingerprint density at radius 2 is 2.05 bits per heavy atom. The number of hydrogen-bond donors (Lipinski definition) is 2. The number of terminal acetylenes is 1. The largest absolute Gasteiger partial charge is 0.493 e.